The summed E-state index contributed by atoms with van der Waals surface area (Å²) < 4.78 is 6.74. The molecule has 0 radical (unpaired) electrons. The molecule has 0 fully saturated rings. The molecule has 0 saturated heterocycles. The normalized spacial score (nSPS) is 10.9. The van der Waals surface area contributed by atoms with Gasteiger partial charge in [-0.2, -0.15) is 0 Å². The fourth-order valence-electron chi connectivity index (χ4n) is 1.90. The van der Waals surface area contributed by atoms with Gasteiger partial charge >= 0.3 is 0 Å². The van der Waals surface area contributed by atoms with Crippen LogP contribution in [-0.2, 0) is 6.42 Å². The summed E-state index contributed by atoms with van der Waals surface area (Å²) in [4.78, 5) is 4.32. The number of nitrogens with one attached hydrogen (secondary N) is 1. The van der Waals surface area contributed by atoms with Gasteiger partial charge in [0.25, 0.3) is 0 Å². The molecular weight excluding hydrogens is 340 g/mol. The van der Waals surface area contributed by atoms with Crippen molar-refractivity contribution in [2.45, 2.75) is 26.2 Å². The molecule has 0 amide bonds. The lowest BCUT2D eigenvalue weighted by Crippen LogP contribution is -2.16. The third-order valence-corrected chi connectivity index (χ3v) is 3.85. The number of benzene rings is 1. The van der Waals surface area contributed by atoms with Crippen molar-refractivity contribution in [3.8, 4) is 11.3 Å². The van der Waals surface area contributed by atoms with Crippen molar-refractivity contribution in [3.05, 3.63) is 39.8 Å². The molecule has 2 rings (SSSR count). The SMILES string of the molecule is CCCNCCCc1ncc(-c2cc(Cl)ccc2Br)o1. The van der Waals surface area contributed by atoms with E-state index >= 15 is 0 Å². The molecule has 1 aromatic carbocycles. The van der Waals surface area contributed by atoms with Crippen LogP contribution in [0.25, 0.3) is 11.3 Å². The molecule has 20 heavy (non-hydrogen) atoms. The topological polar surface area (TPSA) is 38.1 Å². The van der Waals surface area contributed by atoms with Crippen molar-refractivity contribution < 1.29 is 4.42 Å². The summed E-state index contributed by atoms with van der Waals surface area (Å²) >= 11 is 9.52. The van der Waals surface area contributed by atoms with E-state index in [0.717, 1.165) is 54.0 Å². The van der Waals surface area contributed by atoms with Crippen LogP contribution >= 0.6 is 27.5 Å². The van der Waals surface area contributed by atoms with E-state index in [9.17, 15) is 0 Å². The van der Waals surface area contributed by atoms with Crippen LogP contribution in [0, 0.1) is 0 Å². The zero-order valence-electron chi connectivity index (χ0n) is 11.5. The number of hydrogen-bond acceptors (Lipinski definition) is 3. The van der Waals surface area contributed by atoms with Gasteiger partial charge in [0.15, 0.2) is 11.7 Å². The molecule has 1 aromatic heterocycles. The van der Waals surface area contributed by atoms with Crippen molar-refractivity contribution in [2.75, 3.05) is 13.1 Å². The molecule has 0 unspecified atom stereocenters. The first-order chi connectivity index (χ1) is 9.70. The maximum absolute atomic E-state index is 6.01. The minimum Gasteiger partial charge on any atom is -0.441 e. The van der Waals surface area contributed by atoms with E-state index in [1.54, 1.807) is 6.20 Å². The smallest absolute Gasteiger partial charge is 0.194 e. The van der Waals surface area contributed by atoms with Crippen LogP contribution in [0.15, 0.2) is 33.3 Å². The molecule has 0 saturated carbocycles. The van der Waals surface area contributed by atoms with E-state index in [4.69, 9.17) is 16.0 Å². The Labute approximate surface area is 132 Å². The van der Waals surface area contributed by atoms with Crippen LogP contribution in [0.5, 0.6) is 0 Å². The van der Waals surface area contributed by atoms with Crippen molar-refractivity contribution in [1.29, 1.82) is 0 Å². The van der Waals surface area contributed by atoms with E-state index in [1.807, 2.05) is 18.2 Å². The van der Waals surface area contributed by atoms with Crippen molar-refractivity contribution in [1.82, 2.24) is 10.3 Å². The molecule has 108 valence electrons. The Hall–Kier alpha value is -0.840. The summed E-state index contributed by atoms with van der Waals surface area (Å²) in [5.74, 6) is 1.51. The van der Waals surface area contributed by atoms with Gasteiger partial charge in [0, 0.05) is 21.5 Å². The number of rotatable bonds is 7. The Morgan fingerprint density at radius 1 is 1.35 bits per heavy atom. The lowest BCUT2D eigenvalue weighted by atomic mass is 10.2. The highest BCUT2D eigenvalue weighted by atomic mass is 79.9. The quantitative estimate of drug-likeness (QED) is 0.731. The fraction of sp³-hybridized carbons (Fsp3) is 0.400. The first-order valence-corrected chi connectivity index (χ1v) is 7.98. The molecular formula is C15H18BrClN2O. The molecule has 2 aromatic rings. The molecule has 0 spiro atoms. The summed E-state index contributed by atoms with van der Waals surface area (Å²) in [5.41, 5.74) is 0.931. The van der Waals surface area contributed by atoms with Crippen LogP contribution < -0.4 is 5.32 Å². The second-order valence-corrected chi connectivity index (χ2v) is 5.89. The third-order valence-electron chi connectivity index (χ3n) is 2.92. The van der Waals surface area contributed by atoms with Gasteiger partial charge in [-0.05, 0) is 44.1 Å². The Morgan fingerprint density at radius 2 is 2.20 bits per heavy atom. The predicted octanol–water partition coefficient (Wildman–Crippen LogP) is 4.69. The number of aromatic nitrogens is 1. The van der Waals surface area contributed by atoms with Crippen molar-refractivity contribution in [2.24, 2.45) is 0 Å². The average molecular weight is 358 g/mol. The number of nitrogens with zero attached hydrogens (tertiary/aromatic N) is 1. The maximum Gasteiger partial charge on any atom is 0.194 e. The zero-order chi connectivity index (χ0) is 14.4. The van der Waals surface area contributed by atoms with Gasteiger partial charge in [0.2, 0.25) is 0 Å². The lowest BCUT2D eigenvalue weighted by molar-refractivity contribution is 0.491. The Morgan fingerprint density at radius 3 is 3.00 bits per heavy atom. The number of aryl methyl sites for hydroxylation is 1. The molecule has 0 aliphatic rings. The van der Waals surface area contributed by atoms with Gasteiger partial charge in [-0.1, -0.05) is 34.5 Å². The monoisotopic (exact) mass is 356 g/mol. The third kappa shape index (κ3) is 4.33. The molecule has 1 N–H and O–H groups in total. The van der Waals surface area contributed by atoms with E-state index < -0.39 is 0 Å². The highest BCUT2D eigenvalue weighted by molar-refractivity contribution is 9.10. The van der Waals surface area contributed by atoms with Gasteiger partial charge in [0.1, 0.15) is 0 Å². The second-order valence-electron chi connectivity index (χ2n) is 4.60. The molecule has 3 nitrogen and oxygen atoms in total. The average Bonchev–Trinajstić information content (AvgIpc) is 2.90. The van der Waals surface area contributed by atoms with Gasteiger partial charge < -0.3 is 9.73 Å². The molecule has 5 heteroatoms. The van der Waals surface area contributed by atoms with Crippen LogP contribution in [-0.4, -0.2) is 18.1 Å². The minimum absolute atomic E-state index is 0.685. The summed E-state index contributed by atoms with van der Waals surface area (Å²) in [6, 6.07) is 5.62. The standard InChI is InChI=1S/C15H18BrClN2O/c1-2-7-18-8-3-4-15-19-10-14(20-15)12-9-11(17)5-6-13(12)16/h5-6,9-10,18H,2-4,7-8H2,1H3. The number of hydrogen-bond donors (Lipinski definition) is 1. The largest absolute Gasteiger partial charge is 0.441 e. The maximum atomic E-state index is 6.01. The van der Waals surface area contributed by atoms with E-state index in [-0.39, 0.29) is 0 Å². The lowest BCUT2D eigenvalue weighted by Gasteiger charge is -2.02. The molecule has 1 heterocycles. The summed E-state index contributed by atoms with van der Waals surface area (Å²) in [6.07, 6.45) is 4.78. The fourth-order valence-corrected chi connectivity index (χ4v) is 2.52. The van der Waals surface area contributed by atoms with Crippen LogP contribution in [0.3, 0.4) is 0 Å². The summed E-state index contributed by atoms with van der Waals surface area (Å²) in [6.45, 7) is 4.22. The zero-order valence-corrected chi connectivity index (χ0v) is 13.8. The minimum atomic E-state index is 0.685. The molecule has 0 bridgehead atoms. The van der Waals surface area contributed by atoms with Crippen LogP contribution in [0.4, 0.5) is 0 Å². The van der Waals surface area contributed by atoms with Gasteiger partial charge in [0.05, 0.1) is 6.20 Å². The Balaban J connectivity index is 1.96. The van der Waals surface area contributed by atoms with E-state index in [2.05, 4.69) is 33.2 Å². The second kappa shape index (κ2) is 7.81. The van der Waals surface area contributed by atoms with Crippen LogP contribution in [0.2, 0.25) is 5.02 Å². The molecule has 0 aliphatic heterocycles. The van der Waals surface area contributed by atoms with Gasteiger partial charge in [-0.3, -0.25) is 0 Å². The summed E-state index contributed by atoms with van der Waals surface area (Å²) in [7, 11) is 0. The molecule has 0 atom stereocenters. The number of oxazole rings is 1. The highest BCUT2D eigenvalue weighted by Crippen LogP contribution is 2.31. The molecule has 0 aliphatic carbocycles. The van der Waals surface area contributed by atoms with Gasteiger partial charge in [-0.15, -0.1) is 0 Å². The van der Waals surface area contributed by atoms with E-state index in [1.165, 1.54) is 0 Å². The Kier molecular flexibility index (Phi) is 6.07. The van der Waals surface area contributed by atoms with Gasteiger partial charge in [-0.25, -0.2) is 4.98 Å². The summed E-state index contributed by atoms with van der Waals surface area (Å²) in [5, 5.41) is 4.05. The first kappa shape index (κ1) is 15.5. The first-order valence-electron chi connectivity index (χ1n) is 6.81. The van der Waals surface area contributed by atoms with Crippen LogP contribution in [0.1, 0.15) is 25.7 Å². The highest BCUT2D eigenvalue weighted by Gasteiger charge is 2.10. The van der Waals surface area contributed by atoms with Crippen molar-refractivity contribution >= 4 is 27.5 Å². The Bertz CT molecular complexity index is 557. The van der Waals surface area contributed by atoms with E-state index in [0.29, 0.717) is 5.02 Å². The number of halogens is 2. The predicted molar refractivity (Wildman–Crippen MR) is 86.1 cm³/mol. The van der Waals surface area contributed by atoms with Crippen molar-refractivity contribution in [3.63, 3.8) is 0 Å².